The minimum Gasteiger partial charge on any atom is -0.489 e. The van der Waals surface area contributed by atoms with Crippen molar-refractivity contribution in [2.24, 2.45) is 7.05 Å². The Bertz CT molecular complexity index is 4670. The predicted molar refractivity (Wildman–Crippen MR) is 424 cm³/mol. The van der Waals surface area contributed by atoms with Crippen molar-refractivity contribution in [2.45, 2.75) is 245 Å². The van der Waals surface area contributed by atoms with Crippen LogP contribution in [0.2, 0.25) is 0 Å². The first-order valence-corrected chi connectivity index (χ1v) is 36.8. The van der Waals surface area contributed by atoms with Crippen molar-refractivity contribution in [1.29, 1.82) is 0 Å². The first-order chi connectivity index (χ1) is 49.0. The van der Waals surface area contributed by atoms with Gasteiger partial charge in [-0.15, -0.1) is 0 Å². The number of para-hydroxylation sites is 1. The number of allylic oxidation sites excluding steroid dienone is 1. The minimum atomic E-state index is -4.68. The van der Waals surface area contributed by atoms with Gasteiger partial charge in [-0.1, -0.05) is 123 Å². The lowest BCUT2D eigenvalue weighted by Crippen LogP contribution is -2.16. The highest BCUT2D eigenvalue weighted by molar-refractivity contribution is 5.92. The lowest BCUT2D eigenvalue weighted by atomic mass is 10.0. The number of hydrogen-bond acceptors (Lipinski definition) is 4. The summed E-state index contributed by atoms with van der Waals surface area (Å²) in [5.41, 5.74) is 12.5. The fourth-order valence-corrected chi connectivity index (χ4v) is 12.2. The van der Waals surface area contributed by atoms with E-state index in [1.54, 1.807) is 12.3 Å². The number of imidazole rings is 1. The van der Waals surface area contributed by atoms with E-state index in [1.807, 2.05) is 49.0 Å². The van der Waals surface area contributed by atoms with Gasteiger partial charge >= 0.3 is 6.18 Å². The van der Waals surface area contributed by atoms with Crippen LogP contribution in [0.1, 0.15) is 269 Å². The molecule has 0 aliphatic carbocycles. The van der Waals surface area contributed by atoms with Crippen LogP contribution in [-0.4, -0.2) is 47.4 Å². The molecule has 0 aliphatic heterocycles. The molecular weight excluding hydrogens is 1330 g/mol. The Labute approximate surface area is 619 Å². The number of hydrogen-bond donors (Lipinski definition) is 0. The molecule has 0 saturated heterocycles. The number of nitrogens with zero attached hydrogens (tertiary/aromatic N) is 10. The van der Waals surface area contributed by atoms with E-state index < -0.39 is 41.2 Å². The van der Waals surface area contributed by atoms with Crippen LogP contribution < -0.4 is 4.74 Å². The molecule has 5 aromatic carbocycles. The summed E-state index contributed by atoms with van der Waals surface area (Å²) in [6.45, 7) is 53.5. The fraction of sp³-hybridized carbons (Fsp3) is 0.437. The Morgan fingerprint density at radius 3 is 1.62 bits per heavy atom. The van der Waals surface area contributed by atoms with E-state index in [-0.39, 0.29) is 6.04 Å². The van der Waals surface area contributed by atoms with Gasteiger partial charge in [0.1, 0.15) is 41.2 Å². The van der Waals surface area contributed by atoms with Gasteiger partial charge in [0.05, 0.1) is 11.2 Å². The highest BCUT2D eigenvalue weighted by Crippen LogP contribution is 2.37. The molecule has 7 aromatic heterocycles. The topological polar surface area (TPSA) is 82.4 Å². The van der Waals surface area contributed by atoms with Crippen molar-refractivity contribution in [3.05, 3.63) is 233 Å². The highest BCUT2D eigenvalue weighted by atomic mass is 19.4. The molecule has 0 aliphatic rings. The van der Waals surface area contributed by atoms with Crippen molar-refractivity contribution in [3.8, 4) is 5.75 Å². The monoisotopic (exact) mass is 1450 g/mol. The van der Waals surface area contributed by atoms with Gasteiger partial charge in [0, 0.05) is 143 Å². The highest BCUT2D eigenvalue weighted by Gasteiger charge is 2.40. The van der Waals surface area contributed by atoms with Crippen molar-refractivity contribution >= 4 is 49.2 Å². The molecule has 12 aromatic rings. The molecule has 0 radical (unpaired) electrons. The number of ether oxygens (including phenoxy) is 1. The number of fused-ring (bicyclic) bond motifs is 4. The number of aromatic nitrogens is 10. The SMILES string of the molecule is C=C(C)c1cn(C(C)C)c2ccccc12.CC(C)c1cc(C(C)C)n(C(C)C)n1.CC(C)c1nccn1C(C)C.CC(C)n1ccc2c(F)cc(F)cc21.CC(C)n1nc(C(C)(F)F)cc1C(F)(F)F.Cc1cc2c(cc1OCc1ccccc1)c(C(C)C)cn2C.Cc1ccc2ccn(C(C)C)c2c1. The van der Waals surface area contributed by atoms with E-state index in [0.29, 0.717) is 83.0 Å². The predicted octanol–water partition coefficient (Wildman–Crippen LogP) is 26.4. The van der Waals surface area contributed by atoms with Crippen LogP contribution >= 0.6 is 0 Å². The summed E-state index contributed by atoms with van der Waals surface area (Å²) in [4.78, 5) is 4.30. The molecule has 0 spiro atoms. The second kappa shape index (κ2) is 36.8. The molecule has 0 bridgehead atoms. The van der Waals surface area contributed by atoms with E-state index in [4.69, 9.17) is 4.74 Å². The summed E-state index contributed by atoms with van der Waals surface area (Å²) in [5.74, 6) is -0.148. The fourth-order valence-electron chi connectivity index (χ4n) is 12.2. The molecule has 105 heavy (non-hydrogen) atoms. The number of benzene rings is 5. The van der Waals surface area contributed by atoms with Crippen molar-refractivity contribution in [1.82, 2.24) is 47.4 Å². The van der Waals surface area contributed by atoms with E-state index in [9.17, 15) is 30.7 Å². The number of alkyl halides is 5. The van der Waals surface area contributed by atoms with Crippen LogP contribution in [0.5, 0.6) is 5.75 Å². The molecule has 0 saturated carbocycles. The van der Waals surface area contributed by atoms with E-state index in [2.05, 4.69) is 281 Å². The molecule has 12 rings (SSSR count). The molecule has 0 fully saturated rings. The van der Waals surface area contributed by atoms with Crippen LogP contribution in [0.3, 0.4) is 0 Å². The van der Waals surface area contributed by atoms with Gasteiger partial charge in [-0.2, -0.15) is 32.1 Å². The van der Waals surface area contributed by atoms with E-state index in [0.717, 1.165) is 17.4 Å². The van der Waals surface area contributed by atoms with Gasteiger partial charge in [0.15, 0.2) is 0 Å². The van der Waals surface area contributed by atoms with Crippen molar-refractivity contribution in [2.75, 3.05) is 0 Å². The largest absolute Gasteiger partial charge is 0.489 e. The Hall–Kier alpha value is -9.06. The summed E-state index contributed by atoms with van der Waals surface area (Å²) in [7, 11) is 2.11. The molecule has 0 unspecified atom stereocenters. The Morgan fingerprint density at radius 2 is 1.10 bits per heavy atom. The average Bonchev–Trinajstić information content (AvgIpc) is 1.72. The molecule has 7 heterocycles. The van der Waals surface area contributed by atoms with Crippen LogP contribution in [0.4, 0.5) is 30.7 Å². The standard InChI is InChI=1S/C20H23NO.C14H17N.C12H22N2.C12H15N.C11H11F2N.C9H11F5N2.C9H16N2/c1-14(2)18-12-21(4)19-10-15(3)20(11-17(18)19)22-13-16-8-6-5-7-9-16;1-10(2)13-9-15(11(3)4)14-8-6-5-7-12(13)14;1-8(2)11-7-12(9(3)4)14(13-11)10(5)6;1-9(2)13-7-6-11-5-4-10(3)8-12(11)13;1-7(2)14-4-3-9-10(13)5-8(12)6-11(9)14;1-5(2)16-7(9(12,13)14)4-6(15-16)8(3,10)11;1-7(2)9-10-5-6-11(9)8(3)4/h5-12,14H,13H2,1-4H3;5-9,11H,1H2,2-4H3;7-10H,1-6H3;4-9H,1-3H3;3-7H,1-2H3;4-5H,1-3H3;5-8H,1-4H3. The van der Waals surface area contributed by atoms with Gasteiger partial charge in [0.25, 0.3) is 5.92 Å². The molecular formula is C87H115F7N10O. The van der Waals surface area contributed by atoms with Crippen molar-refractivity contribution < 1.29 is 35.5 Å². The Kier molecular flexibility index (Phi) is 29.7. The lowest BCUT2D eigenvalue weighted by Gasteiger charge is -2.13. The summed E-state index contributed by atoms with van der Waals surface area (Å²) < 4.78 is 109. The zero-order valence-corrected chi connectivity index (χ0v) is 66.7. The van der Waals surface area contributed by atoms with E-state index in [1.165, 1.54) is 97.7 Å². The normalized spacial score (nSPS) is 11.8. The van der Waals surface area contributed by atoms with Gasteiger partial charge < -0.3 is 27.6 Å². The first kappa shape index (κ1) is 84.9. The van der Waals surface area contributed by atoms with Gasteiger partial charge in [-0.25, -0.2) is 13.8 Å². The van der Waals surface area contributed by atoms with Gasteiger partial charge in [-0.05, 0) is 209 Å². The van der Waals surface area contributed by atoms with Crippen LogP contribution in [-0.2, 0) is 25.8 Å². The van der Waals surface area contributed by atoms with Gasteiger partial charge in [0.2, 0.25) is 0 Å². The summed E-state index contributed by atoms with van der Waals surface area (Å²) in [5, 5.41) is 12.3. The van der Waals surface area contributed by atoms with Crippen LogP contribution in [0.15, 0.2) is 165 Å². The zero-order valence-electron chi connectivity index (χ0n) is 66.7. The van der Waals surface area contributed by atoms with Crippen molar-refractivity contribution in [3.63, 3.8) is 0 Å². The van der Waals surface area contributed by atoms with E-state index >= 15 is 0 Å². The molecule has 18 heteroatoms. The number of rotatable bonds is 15. The maximum atomic E-state index is 13.3. The number of halogens is 7. The summed E-state index contributed by atoms with van der Waals surface area (Å²) in [6, 6.07) is 40.1. The third kappa shape index (κ3) is 22.3. The minimum absolute atomic E-state index is 0.202. The smallest absolute Gasteiger partial charge is 0.433 e. The molecule has 0 N–H and O–H groups in total. The third-order valence-corrected chi connectivity index (χ3v) is 17.9. The molecule has 0 amide bonds. The second-order valence-corrected chi connectivity index (χ2v) is 30.2. The molecule has 568 valence electrons. The maximum Gasteiger partial charge on any atom is 0.433 e. The molecule has 11 nitrogen and oxygen atoms in total. The Balaban J connectivity index is 0.000000194. The third-order valence-electron chi connectivity index (χ3n) is 17.9. The second-order valence-electron chi connectivity index (χ2n) is 30.2. The number of aryl methyl sites for hydroxylation is 3. The summed E-state index contributed by atoms with van der Waals surface area (Å²) in [6.07, 6.45) is 7.61. The van der Waals surface area contributed by atoms with Gasteiger partial charge in [-0.3, -0.25) is 9.36 Å². The summed E-state index contributed by atoms with van der Waals surface area (Å²) >= 11 is 0. The molecule has 0 atom stereocenters. The zero-order chi connectivity index (χ0) is 78.4. The average molecular weight is 1450 g/mol. The quantitative estimate of drug-likeness (QED) is 0.0958. The van der Waals surface area contributed by atoms with Crippen LogP contribution in [0, 0.1) is 25.5 Å². The Morgan fingerprint density at radius 1 is 0.514 bits per heavy atom. The maximum absolute atomic E-state index is 13.3. The van der Waals surface area contributed by atoms with Crippen LogP contribution in [0.25, 0.3) is 49.2 Å². The lowest BCUT2D eigenvalue weighted by molar-refractivity contribution is -0.144. The first-order valence-electron chi connectivity index (χ1n) is 36.8.